The van der Waals surface area contributed by atoms with Gasteiger partial charge in [0, 0.05) is 24.2 Å². The number of aromatic amines is 1. The van der Waals surface area contributed by atoms with Crippen LogP contribution in [0.3, 0.4) is 0 Å². The summed E-state index contributed by atoms with van der Waals surface area (Å²) in [4.78, 5) is 14.9. The van der Waals surface area contributed by atoms with Crippen LogP contribution in [0.1, 0.15) is 28.0 Å². The number of ether oxygens (including phenoxy) is 2. The molecular weight excluding hydrogens is 354 g/mol. The monoisotopic (exact) mass is 377 g/mol. The first-order valence-electron chi connectivity index (χ1n) is 9.36. The van der Waals surface area contributed by atoms with Gasteiger partial charge in [-0.1, -0.05) is 42.0 Å². The maximum atomic E-state index is 13.1. The van der Waals surface area contributed by atoms with E-state index in [9.17, 15) is 4.79 Å². The van der Waals surface area contributed by atoms with Crippen molar-refractivity contribution in [2.75, 3.05) is 20.3 Å². The Morgan fingerprint density at radius 1 is 1.21 bits per heavy atom. The van der Waals surface area contributed by atoms with E-state index in [0.29, 0.717) is 36.9 Å². The molecule has 1 amide bonds. The highest BCUT2D eigenvalue weighted by atomic mass is 16.5. The Hall–Kier alpha value is -3.28. The van der Waals surface area contributed by atoms with Crippen molar-refractivity contribution in [3.8, 4) is 22.8 Å². The van der Waals surface area contributed by atoms with Crippen LogP contribution in [0.25, 0.3) is 11.3 Å². The van der Waals surface area contributed by atoms with Gasteiger partial charge in [-0.3, -0.25) is 9.89 Å². The molecule has 1 aromatic heterocycles. The molecule has 0 unspecified atom stereocenters. The number of nitrogens with zero attached hydrogens (tertiary/aromatic N) is 2. The molecule has 0 spiro atoms. The number of para-hydroxylation sites is 1. The van der Waals surface area contributed by atoms with Gasteiger partial charge in [-0.15, -0.1) is 0 Å². The summed E-state index contributed by atoms with van der Waals surface area (Å²) in [6.07, 6.45) is 0.752. The van der Waals surface area contributed by atoms with E-state index in [1.54, 1.807) is 7.11 Å². The molecule has 0 saturated heterocycles. The second kappa shape index (κ2) is 7.76. The molecule has 144 valence electrons. The summed E-state index contributed by atoms with van der Waals surface area (Å²) >= 11 is 0. The van der Waals surface area contributed by atoms with E-state index in [2.05, 4.69) is 10.2 Å². The van der Waals surface area contributed by atoms with Crippen molar-refractivity contribution in [3.63, 3.8) is 0 Å². The van der Waals surface area contributed by atoms with E-state index in [1.165, 1.54) is 5.56 Å². The lowest BCUT2D eigenvalue weighted by Gasteiger charge is -2.26. The summed E-state index contributed by atoms with van der Waals surface area (Å²) < 4.78 is 11.3. The van der Waals surface area contributed by atoms with E-state index >= 15 is 0 Å². The van der Waals surface area contributed by atoms with Crippen LogP contribution in [0.5, 0.6) is 11.5 Å². The van der Waals surface area contributed by atoms with Crippen LogP contribution in [-0.4, -0.2) is 41.3 Å². The van der Waals surface area contributed by atoms with Crippen molar-refractivity contribution in [2.45, 2.75) is 19.9 Å². The van der Waals surface area contributed by atoms with Crippen molar-refractivity contribution >= 4 is 5.91 Å². The highest BCUT2D eigenvalue weighted by Crippen LogP contribution is 2.33. The van der Waals surface area contributed by atoms with Crippen LogP contribution in [0, 0.1) is 6.92 Å². The van der Waals surface area contributed by atoms with E-state index in [0.717, 1.165) is 23.2 Å². The van der Waals surface area contributed by atoms with Crippen LogP contribution in [0.4, 0.5) is 0 Å². The fourth-order valence-electron chi connectivity index (χ4n) is 3.37. The van der Waals surface area contributed by atoms with E-state index < -0.39 is 0 Å². The van der Waals surface area contributed by atoms with Gasteiger partial charge in [0.2, 0.25) is 0 Å². The molecule has 1 aliphatic rings. The molecule has 0 atom stereocenters. The topological polar surface area (TPSA) is 67.5 Å². The second-order valence-corrected chi connectivity index (χ2v) is 6.91. The number of aryl methyl sites for hydroxylation is 1. The number of aromatic nitrogens is 2. The van der Waals surface area contributed by atoms with E-state index in [-0.39, 0.29) is 5.91 Å². The number of rotatable bonds is 3. The van der Waals surface area contributed by atoms with Gasteiger partial charge in [0.05, 0.1) is 19.4 Å². The predicted molar refractivity (Wildman–Crippen MR) is 107 cm³/mol. The Bertz CT molecular complexity index is 979. The normalized spacial score (nSPS) is 13.9. The summed E-state index contributed by atoms with van der Waals surface area (Å²) in [6, 6.07) is 15.7. The van der Waals surface area contributed by atoms with E-state index in [1.807, 2.05) is 60.4 Å². The van der Waals surface area contributed by atoms with Crippen LogP contribution in [-0.2, 0) is 6.54 Å². The third-order valence-electron chi connectivity index (χ3n) is 4.90. The Morgan fingerprint density at radius 2 is 2.04 bits per heavy atom. The standard InChI is InChI=1S/C22H23N3O3/c1-15-7-9-16(10-8-15)18-13-19(24-23-18)22(26)25-11-4-12-28-21-17(14-25)5-3-6-20(21)27-2/h3,5-10,13H,4,11-12,14H2,1-2H3,(H,23,24). The van der Waals surface area contributed by atoms with Gasteiger partial charge in [0.15, 0.2) is 11.5 Å². The zero-order valence-corrected chi connectivity index (χ0v) is 16.1. The van der Waals surface area contributed by atoms with Crippen molar-refractivity contribution in [1.29, 1.82) is 0 Å². The summed E-state index contributed by atoms with van der Waals surface area (Å²) in [6.45, 7) is 3.66. The van der Waals surface area contributed by atoms with Gasteiger partial charge in [-0.05, 0) is 25.5 Å². The number of H-pyrrole nitrogens is 1. The maximum absolute atomic E-state index is 13.1. The molecule has 6 heteroatoms. The van der Waals surface area contributed by atoms with E-state index in [4.69, 9.17) is 9.47 Å². The Labute approximate surface area is 164 Å². The number of amides is 1. The van der Waals surface area contributed by atoms with Gasteiger partial charge in [-0.25, -0.2) is 0 Å². The maximum Gasteiger partial charge on any atom is 0.272 e. The molecule has 0 saturated carbocycles. The van der Waals surface area contributed by atoms with Gasteiger partial charge < -0.3 is 14.4 Å². The smallest absolute Gasteiger partial charge is 0.272 e. The number of carbonyl (C=O) groups is 1. The molecule has 2 heterocycles. The third kappa shape index (κ3) is 3.58. The van der Waals surface area contributed by atoms with Gasteiger partial charge in [-0.2, -0.15) is 5.10 Å². The lowest BCUT2D eigenvalue weighted by atomic mass is 10.1. The molecule has 28 heavy (non-hydrogen) atoms. The average Bonchev–Trinajstić information content (AvgIpc) is 3.18. The fraction of sp³-hybridized carbons (Fsp3) is 0.273. The predicted octanol–water partition coefficient (Wildman–Crippen LogP) is 3.82. The average molecular weight is 377 g/mol. The zero-order valence-electron chi connectivity index (χ0n) is 16.1. The number of hydrogen-bond acceptors (Lipinski definition) is 4. The Kier molecular flexibility index (Phi) is 5.02. The SMILES string of the molecule is COc1cccc2c1OCCCN(C(=O)c1cc(-c3ccc(C)cc3)n[nH]1)C2. The molecule has 1 aliphatic heterocycles. The molecule has 2 aromatic carbocycles. The largest absolute Gasteiger partial charge is 0.493 e. The summed E-state index contributed by atoms with van der Waals surface area (Å²) in [5.74, 6) is 1.34. The van der Waals surface area contributed by atoms with Gasteiger partial charge >= 0.3 is 0 Å². The molecule has 6 nitrogen and oxygen atoms in total. The molecule has 0 radical (unpaired) electrons. The first-order valence-corrected chi connectivity index (χ1v) is 9.36. The quantitative estimate of drug-likeness (QED) is 0.753. The highest BCUT2D eigenvalue weighted by Gasteiger charge is 2.23. The first kappa shape index (κ1) is 18.1. The van der Waals surface area contributed by atoms with Gasteiger partial charge in [0.1, 0.15) is 5.69 Å². The molecule has 0 bridgehead atoms. The molecule has 1 N–H and O–H groups in total. The number of hydrogen-bond donors (Lipinski definition) is 1. The van der Waals surface area contributed by atoms with Crippen LogP contribution >= 0.6 is 0 Å². The molecule has 3 aromatic rings. The number of benzene rings is 2. The first-order chi connectivity index (χ1) is 13.7. The van der Waals surface area contributed by atoms with Crippen LogP contribution < -0.4 is 9.47 Å². The minimum absolute atomic E-state index is 0.0680. The minimum Gasteiger partial charge on any atom is -0.493 e. The number of carbonyl (C=O) groups excluding carboxylic acids is 1. The van der Waals surface area contributed by atoms with Crippen molar-refractivity contribution in [2.24, 2.45) is 0 Å². The lowest BCUT2D eigenvalue weighted by Crippen LogP contribution is -2.34. The van der Waals surface area contributed by atoms with Crippen molar-refractivity contribution in [1.82, 2.24) is 15.1 Å². The van der Waals surface area contributed by atoms with Crippen LogP contribution in [0.15, 0.2) is 48.5 Å². The molecule has 4 rings (SSSR count). The number of methoxy groups -OCH3 is 1. The summed E-state index contributed by atoms with van der Waals surface area (Å²) in [5.41, 5.74) is 4.36. The minimum atomic E-state index is -0.0680. The number of nitrogens with one attached hydrogen (secondary N) is 1. The molecule has 0 aliphatic carbocycles. The van der Waals surface area contributed by atoms with Crippen molar-refractivity contribution < 1.29 is 14.3 Å². The Morgan fingerprint density at radius 3 is 2.82 bits per heavy atom. The van der Waals surface area contributed by atoms with Crippen molar-refractivity contribution in [3.05, 3.63) is 65.4 Å². The highest BCUT2D eigenvalue weighted by molar-refractivity contribution is 5.93. The zero-order chi connectivity index (χ0) is 19.5. The van der Waals surface area contributed by atoms with Crippen LogP contribution in [0.2, 0.25) is 0 Å². The number of fused-ring (bicyclic) bond motifs is 1. The third-order valence-corrected chi connectivity index (χ3v) is 4.90. The molecular formula is C22H23N3O3. The molecule has 0 fully saturated rings. The summed E-state index contributed by atoms with van der Waals surface area (Å²) in [5, 5.41) is 7.23. The lowest BCUT2D eigenvalue weighted by molar-refractivity contribution is 0.0715. The fourth-order valence-corrected chi connectivity index (χ4v) is 3.37. The second-order valence-electron chi connectivity index (χ2n) is 6.91. The van der Waals surface area contributed by atoms with Gasteiger partial charge in [0.25, 0.3) is 5.91 Å². The summed E-state index contributed by atoms with van der Waals surface area (Å²) in [7, 11) is 1.62. The Balaban J connectivity index is 1.58.